The van der Waals surface area contributed by atoms with Crippen LogP contribution in [0.1, 0.15) is 42.0 Å². The lowest BCUT2D eigenvalue weighted by Crippen LogP contribution is -2.18. The molecule has 0 aliphatic heterocycles. The van der Waals surface area contributed by atoms with Crippen molar-refractivity contribution in [2.75, 3.05) is 11.1 Å². The first kappa shape index (κ1) is 30.6. The van der Waals surface area contributed by atoms with Crippen molar-refractivity contribution in [3.05, 3.63) is 80.8 Å². The van der Waals surface area contributed by atoms with E-state index >= 15 is 0 Å². The number of nitrogens with two attached hydrogens (primary N) is 3. The number of carboxylic acid groups (broad SMARTS) is 1. The number of carbonyl (C=O) groups is 4. The summed E-state index contributed by atoms with van der Waals surface area (Å²) in [5.74, 6) is -2.77. The van der Waals surface area contributed by atoms with Crippen molar-refractivity contribution in [3.8, 4) is 0 Å². The number of amides is 3. The van der Waals surface area contributed by atoms with Gasteiger partial charge in [-0.1, -0.05) is 12.1 Å². The first-order valence-corrected chi connectivity index (χ1v) is 12.1. The van der Waals surface area contributed by atoms with Crippen molar-refractivity contribution >= 4 is 66.9 Å². The molecule has 204 valence electrons. The van der Waals surface area contributed by atoms with E-state index in [1.807, 2.05) is 0 Å². The van der Waals surface area contributed by atoms with Crippen LogP contribution in [0.25, 0.3) is 0 Å². The fourth-order valence-corrected chi connectivity index (χ4v) is 3.40. The van der Waals surface area contributed by atoms with Gasteiger partial charge in [-0.05, 0) is 56.1 Å². The zero-order valence-electron chi connectivity index (χ0n) is 20.4. The van der Waals surface area contributed by atoms with Gasteiger partial charge in [0.15, 0.2) is 11.4 Å². The Hall–Kier alpha value is -4.64. The van der Waals surface area contributed by atoms with E-state index in [9.17, 15) is 19.2 Å². The molecule has 3 amide bonds. The lowest BCUT2D eigenvalue weighted by Gasteiger charge is -2.03. The van der Waals surface area contributed by atoms with Crippen LogP contribution >= 0.6 is 31.9 Å². The van der Waals surface area contributed by atoms with Crippen LogP contribution in [0.4, 0.5) is 11.4 Å². The Morgan fingerprint density at radius 2 is 1.31 bits per heavy atom. The maximum atomic E-state index is 12.0. The van der Waals surface area contributed by atoms with Crippen LogP contribution < -0.4 is 22.5 Å². The van der Waals surface area contributed by atoms with Gasteiger partial charge in [0.25, 0.3) is 17.7 Å². The topological polar surface area (TPSA) is 240 Å². The highest BCUT2D eigenvalue weighted by Gasteiger charge is 2.17. The predicted octanol–water partition coefficient (Wildman–Crippen LogP) is 1.57. The average Bonchev–Trinajstić information content (AvgIpc) is 3.40. The number of anilines is 2. The van der Waals surface area contributed by atoms with Gasteiger partial charge in [0, 0.05) is 26.5 Å². The zero-order chi connectivity index (χ0) is 29.3. The number of hydrogen-bond donors (Lipinski definition) is 5. The zero-order valence-corrected chi connectivity index (χ0v) is 23.5. The molecule has 39 heavy (non-hydrogen) atoms. The monoisotopic (exact) mass is 664 g/mol. The second-order valence-electron chi connectivity index (χ2n) is 7.35. The van der Waals surface area contributed by atoms with E-state index in [1.54, 1.807) is 44.4 Å². The molecule has 0 unspecified atom stereocenters. The maximum absolute atomic E-state index is 12.0. The summed E-state index contributed by atoms with van der Waals surface area (Å²) in [6, 6.07) is 9.68. The van der Waals surface area contributed by atoms with Crippen LogP contribution in [0.3, 0.4) is 0 Å². The van der Waals surface area contributed by atoms with E-state index in [-0.39, 0.29) is 28.5 Å². The van der Waals surface area contributed by atoms with Gasteiger partial charge in [0.1, 0.15) is 20.6 Å². The third kappa shape index (κ3) is 9.31. The highest BCUT2D eigenvalue weighted by Crippen LogP contribution is 2.14. The molecule has 0 fully saturated rings. The second kappa shape index (κ2) is 13.8. The maximum Gasteiger partial charge on any atom is 0.354 e. The second-order valence-corrected chi connectivity index (χ2v) is 8.98. The molecule has 8 N–H and O–H groups in total. The summed E-state index contributed by atoms with van der Waals surface area (Å²) in [5.41, 5.74) is 16.4. The molecule has 0 aliphatic rings. The van der Waals surface area contributed by atoms with Gasteiger partial charge < -0.3 is 27.6 Å². The Bertz CT molecular complexity index is 1520. The summed E-state index contributed by atoms with van der Waals surface area (Å²) in [6.45, 7) is 0. The Kier molecular flexibility index (Phi) is 10.8. The van der Waals surface area contributed by atoms with Gasteiger partial charge >= 0.3 is 5.97 Å². The number of nitrogens with one attached hydrogen (secondary N) is 1. The number of nitrogens with zero attached hydrogens (tertiary/aromatic N) is 6. The minimum Gasteiger partial charge on any atom is -0.477 e. The average molecular weight is 666 g/mol. The summed E-state index contributed by atoms with van der Waals surface area (Å²) in [4.78, 5) is 51.6. The van der Waals surface area contributed by atoms with Crippen LogP contribution in [0.15, 0.2) is 58.0 Å². The van der Waals surface area contributed by atoms with Crippen molar-refractivity contribution in [2.24, 2.45) is 25.6 Å². The van der Waals surface area contributed by atoms with Crippen molar-refractivity contribution < 1.29 is 24.3 Å². The van der Waals surface area contributed by atoms with Gasteiger partial charge in [-0.15, -0.1) is 0 Å². The Morgan fingerprint density at radius 1 is 0.821 bits per heavy atom. The fourth-order valence-electron chi connectivity index (χ4n) is 2.71. The van der Waals surface area contributed by atoms with Gasteiger partial charge in [0.2, 0.25) is 0 Å². The molecule has 4 heterocycles. The molecule has 0 radical (unpaired) electrons. The molecule has 4 aromatic rings. The molecular formula is C22H22Br2N10O5. The summed E-state index contributed by atoms with van der Waals surface area (Å²) < 4.78 is 3.91. The molecule has 0 saturated carbocycles. The molecule has 15 nitrogen and oxygen atoms in total. The van der Waals surface area contributed by atoms with Crippen LogP contribution in [-0.2, 0) is 14.1 Å². The first-order chi connectivity index (χ1) is 18.3. The third-order valence-corrected chi connectivity index (χ3v) is 5.17. The molecule has 0 atom stereocenters. The molecule has 4 aromatic heterocycles. The van der Waals surface area contributed by atoms with Crippen LogP contribution in [-0.4, -0.2) is 58.3 Å². The summed E-state index contributed by atoms with van der Waals surface area (Å²) in [7, 11) is 3.29. The molecular weight excluding hydrogens is 644 g/mol. The van der Waals surface area contributed by atoms with Crippen molar-refractivity contribution in [1.82, 2.24) is 29.5 Å². The van der Waals surface area contributed by atoms with Gasteiger partial charge in [0.05, 0.1) is 11.4 Å². The smallest absolute Gasteiger partial charge is 0.354 e. The number of primary amides is 2. The summed E-state index contributed by atoms with van der Waals surface area (Å²) >= 11 is 6.23. The number of aromatic nitrogens is 6. The third-order valence-electron chi connectivity index (χ3n) is 4.28. The van der Waals surface area contributed by atoms with E-state index in [2.05, 4.69) is 57.3 Å². The number of rotatable bonds is 5. The van der Waals surface area contributed by atoms with E-state index in [0.29, 0.717) is 14.9 Å². The Morgan fingerprint density at radius 3 is 1.72 bits per heavy atom. The SMILES string of the molecule is Cn1cc(N)c(C(N)=O)n1.Cn1cc(NC(=O)c2cccc(Br)n2)c(C(N)=O)n1.O=C(O)c1cccc(Br)n1. The minimum atomic E-state index is -1.01. The van der Waals surface area contributed by atoms with Gasteiger partial charge in [-0.2, -0.15) is 10.2 Å². The summed E-state index contributed by atoms with van der Waals surface area (Å²) in [6.07, 6.45) is 3.02. The van der Waals surface area contributed by atoms with Crippen molar-refractivity contribution in [3.63, 3.8) is 0 Å². The van der Waals surface area contributed by atoms with Crippen LogP contribution in [0, 0.1) is 0 Å². The van der Waals surface area contributed by atoms with Crippen molar-refractivity contribution in [2.45, 2.75) is 0 Å². The predicted molar refractivity (Wildman–Crippen MR) is 147 cm³/mol. The molecule has 4 rings (SSSR count). The standard InChI is InChI=1S/C11H10BrN5O2.C6H4BrNO2.C5H8N4O/c1-17-5-7(9(16-17)10(13)18)15-11(19)6-3-2-4-8(12)14-6;7-5-3-1-2-4(8-5)6(9)10;1-9-2-3(6)4(8-9)5(7)10/h2-5H,1H3,(H2,13,18)(H,15,19);1-3H,(H,9,10);2H,6H2,1H3,(H2,7,10). The molecule has 17 heteroatoms. The number of nitrogen functional groups attached to an aromatic ring is 1. The number of aromatic carboxylic acids is 1. The number of carbonyl (C=O) groups excluding carboxylic acids is 3. The molecule has 0 aromatic carbocycles. The van der Waals surface area contributed by atoms with E-state index in [1.165, 1.54) is 27.8 Å². The largest absolute Gasteiger partial charge is 0.477 e. The fraction of sp³-hybridized carbons (Fsp3) is 0.0909. The summed E-state index contributed by atoms with van der Waals surface area (Å²) in [5, 5.41) is 18.6. The number of aryl methyl sites for hydroxylation is 2. The Labute approximate surface area is 237 Å². The lowest BCUT2D eigenvalue weighted by atomic mass is 10.3. The van der Waals surface area contributed by atoms with Gasteiger partial charge in [-0.25, -0.2) is 14.8 Å². The lowest BCUT2D eigenvalue weighted by molar-refractivity contribution is 0.0689. The minimum absolute atomic E-state index is 0.00541. The number of pyridine rings is 2. The highest BCUT2D eigenvalue weighted by molar-refractivity contribution is 9.10. The number of halogens is 2. The molecule has 0 spiro atoms. The molecule has 0 aliphatic carbocycles. The number of hydrogen-bond acceptors (Lipinski definition) is 9. The Balaban J connectivity index is 0.000000225. The quantitative estimate of drug-likeness (QED) is 0.193. The molecule has 0 saturated heterocycles. The van der Waals surface area contributed by atoms with Gasteiger partial charge in [-0.3, -0.25) is 23.7 Å². The van der Waals surface area contributed by atoms with E-state index < -0.39 is 23.7 Å². The highest BCUT2D eigenvalue weighted by atomic mass is 79.9. The molecule has 0 bridgehead atoms. The van der Waals surface area contributed by atoms with E-state index in [4.69, 9.17) is 22.3 Å². The van der Waals surface area contributed by atoms with E-state index in [0.717, 1.165) is 0 Å². The number of carboxylic acids is 1. The van der Waals surface area contributed by atoms with Crippen LogP contribution in [0.2, 0.25) is 0 Å². The van der Waals surface area contributed by atoms with Crippen LogP contribution in [0.5, 0.6) is 0 Å². The van der Waals surface area contributed by atoms with Crippen molar-refractivity contribution in [1.29, 1.82) is 0 Å². The first-order valence-electron chi connectivity index (χ1n) is 10.5. The normalized spacial score (nSPS) is 9.85.